The summed E-state index contributed by atoms with van der Waals surface area (Å²) < 4.78 is 32.6. The molecule has 2 aliphatic heterocycles. The van der Waals surface area contributed by atoms with E-state index < -0.39 is 10.0 Å². The number of carbonyl (C=O) groups excluding carboxylic acids is 1. The van der Waals surface area contributed by atoms with Crippen LogP contribution in [0, 0.1) is 5.92 Å². The molecule has 9 nitrogen and oxygen atoms in total. The average molecular weight is 518 g/mol. The molecule has 0 N–H and O–H groups in total. The van der Waals surface area contributed by atoms with Crippen LogP contribution in [0.25, 0.3) is 16.9 Å². The fourth-order valence-corrected chi connectivity index (χ4v) is 5.04. The van der Waals surface area contributed by atoms with Crippen LogP contribution in [0.2, 0.25) is 5.02 Å². The number of aromatic nitrogens is 2. The van der Waals surface area contributed by atoms with Gasteiger partial charge in [-0.1, -0.05) is 23.7 Å². The molecule has 2 aliphatic rings. The van der Waals surface area contributed by atoms with Gasteiger partial charge < -0.3 is 9.64 Å². The van der Waals surface area contributed by atoms with Gasteiger partial charge in [-0.25, -0.2) is 13.4 Å². The largest absolute Gasteiger partial charge is 0.380 e. The van der Waals surface area contributed by atoms with Crippen LogP contribution in [0.5, 0.6) is 0 Å². The van der Waals surface area contributed by atoms with Crippen molar-refractivity contribution in [3.63, 3.8) is 0 Å². The molecule has 0 saturated carbocycles. The molecule has 1 amide bonds. The lowest BCUT2D eigenvalue weighted by Crippen LogP contribution is -2.53. The van der Waals surface area contributed by atoms with Crippen molar-refractivity contribution in [2.24, 2.45) is 5.92 Å². The van der Waals surface area contributed by atoms with Crippen LogP contribution in [0.15, 0.2) is 42.6 Å². The highest BCUT2D eigenvalue weighted by Crippen LogP contribution is 2.29. The molecule has 0 aliphatic carbocycles. The van der Waals surface area contributed by atoms with Gasteiger partial charge in [0.15, 0.2) is 0 Å². The van der Waals surface area contributed by atoms with Crippen LogP contribution in [0.4, 0.5) is 5.69 Å². The second-order valence-electron chi connectivity index (χ2n) is 9.10. The number of hydrogen-bond donors (Lipinski definition) is 0. The summed E-state index contributed by atoms with van der Waals surface area (Å²) in [6.45, 7) is 4.49. The van der Waals surface area contributed by atoms with E-state index >= 15 is 0 Å². The molecule has 0 radical (unpaired) electrons. The summed E-state index contributed by atoms with van der Waals surface area (Å²) >= 11 is 6.11. The second kappa shape index (κ2) is 9.42. The molecule has 2 saturated heterocycles. The van der Waals surface area contributed by atoms with Gasteiger partial charge in [0, 0.05) is 56.6 Å². The molecule has 11 heteroatoms. The third-order valence-corrected chi connectivity index (χ3v) is 8.18. The van der Waals surface area contributed by atoms with Crippen molar-refractivity contribution in [1.29, 1.82) is 0 Å². The van der Waals surface area contributed by atoms with Gasteiger partial charge in [0.05, 0.1) is 42.5 Å². The molecule has 2 fully saturated rings. The Hall–Kier alpha value is -2.66. The molecule has 0 bridgehead atoms. The second-order valence-corrected chi connectivity index (χ2v) is 11.5. The fourth-order valence-electron chi connectivity index (χ4n) is 4.42. The van der Waals surface area contributed by atoms with Gasteiger partial charge in [-0.3, -0.25) is 18.4 Å². The van der Waals surface area contributed by atoms with Crippen LogP contribution in [-0.4, -0.2) is 86.2 Å². The maximum Gasteiger partial charge on any atom is 0.232 e. The molecular weight excluding hydrogens is 490 g/mol. The fraction of sp³-hybridized carbons (Fsp3) is 0.417. The quantitative estimate of drug-likeness (QED) is 0.499. The maximum atomic E-state index is 12.6. The molecular formula is C24H28ClN5O4S. The number of rotatable bonds is 6. The molecule has 1 aromatic carbocycles. The lowest BCUT2D eigenvalue weighted by molar-refractivity contribution is -0.151. The topological polar surface area (TPSA) is 87.5 Å². The van der Waals surface area contributed by atoms with E-state index in [2.05, 4.69) is 4.90 Å². The first-order valence-electron chi connectivity index (χ1n) is 11.5. The highest BCUT2D eigenvalue weighted by molar-refractivity contribution is 7.92. The van der Waals surface area contributed by atoms with Gasteiger partial charge in [0.2, 0.25) is 15.9 Å². The number of nitrogens with zero attached hydrogens (tertiary/aromatic N) is 5. The Kier molecular flexibility index (Phi) is 6.47. The predicted molar refractivity (Wildman–Crippen MR) is 135 cm³/mol. The number of ether oxygens (including phenoxy) is 1. The lowest BCUT2D eigenvalue weighted by Gasteiger charge is -2.38. The molecule has 3 aromatic rings. The zero-order valence-electron chi connectivity index (χ0n) is 19.7. The predicted octanol–water partition coefficient (Wildman–Crippen LogP) is 2.34. The van der Waals surface area contributed by atoms with E-state index in [0.29, 0.717) is 43.6 Å². The minimum Gasteiger partial charge on any atom is -0.380 e. The Bertz CT molecular complexity index is 1350. The Balaban J connectivity index is 1.46. The van der Waals surface area contributed by atoms with Crippen molar-refractivity contribution >= 4 is 38.9 Å². The zero-order valence-corrected chi connectivity index (χ0v) is 21.3. The lowest BCUT2D eigenvalue weighted by atomic mass is 10.1. The number of hydrogen-bond acceptors (Lipinski definition) is 6. The number of benzene rings is 1. The Morgan fingerprint density at radius 3 is 2.40 bits per heavy atom. The highest BCUT2D eigenvalue weighted by atomic mass is 35.5. The standard InChI is InChI=1S/C24H28ClN5O4S/c1-27(35(2,32)33)20-7-8-22-26-23(17-3-5-19(25)6-4-17)21(30(22)13-20)14-28-9-11-29(12-10-28)24(31)18-15-34-16-18/h3-8,13,18H,9-12,14-16H2,1-2H3. The molecule has 4 heterocycles. The summed E-state index contributed by atoms with van der Waals surface area (Å²) in [6, 6.07) is 11.1. The van der Waals surface area contributed by atoms with E-state index in [-0.39, 0.29) is 11.8 Å². The van der Waals surface area contributed by atoms with Crippen LogP contribution in [0.3, 0.4) is 0 Å². The Morgan fingerprint density at radius 1 is 1.11 bits per heavy atom. The number of amides is 1. The first-order chi connectivity index (χ1) is 16.7. The van der Waals surface area contributed by atoms with Gasteiger partial charge in [0.25, 0.3) is 0 Å². The van der Waals surface area contributed by atoms with Crippen molar-refractivity contribution < 1.29 is 17.9 Å². The van der Waals surface area contributed by atoms with Crippen LogP contribution < -0.4 is 4.31 Å². The number of sulfonamides is 1. The summed E-state index contributed by atoms with van der Waals surface area (Å²) in [7, 11) is -1.87. The van der Waals surface area contributed by atoms with Crippen LogP contribution in [-0.2, 0) is 26.1 Å². The summed E-state index contributed by atoms with van der Waals surface area (Å²) in [6.07, 6.45) is 3.00. The van der Waals surface area contributed by atoms with Crippen LogP contribution >= 0.6 is 11.6 Å². The van der Waals surface area contributed by atoms with Crippen molar-refractivity contribution in [2.45, 2.75) is 6.54 Å². The summed E-state index contributed by atoms with van der Waals surface area (Å²) in [4.78, 5) is 21.7. The van der Waals surface area contributed by atoms with E-state index in [1.165, 1.54) is 17.6 Å². The first kappa shape index (κ1) is 24.1. The molecule has 0 atom stereocenters. The maximum absolute atomic E-state index is 12.6. The number of imidazole rings is 1. The van der Waals surface area contributed by atoms with Gasteiger partial charge in [0.1, 0.15) is 5.65 Å². The molecule has 5 rings (SSSR count). The molecule has 186 valence electrons. The Labute approximate surface area is 209 Å². The Morgan fingerprint density at radius 2 is 1.80 bits per heavy atom. The monoisotopic (exact) mass is 517 g/mol. The first-order valence-corrected chi connectivity index (χ1v) is 13.7. The normalized spacial score (nSPS) is 17.5. The third kappa shape index (κ3) is 4.88. The molecule has 0 spiro atoms. The number of piperazine rings is 1. The van der Waals surface area contributed by atoms with E-state index in [0.717, 1.165) is 35.7 Å². The summed E-state index contributed by atoms with van der Waals surface area (Å²) in [5.74, 6) is 0.183. The number of carbonyl (C=O) groups is 1. The van der Waals surface area contributed by atoms with E-state index in [1.807, 2.05) is 45.8 Å². The zero-order chi connectivity index (χ0) is 24.7. The number of pyridine rings is 1. The van der Waals surface area contributed by atoms with Crippen molar-refractivity contribution in [2.75, 3.05) is 57.0 Å². The average Bonchev–Trinajstić information content (AvgIpc) is 3.15. The smallest absolute Gasteiger partial charge is 0.232 e. The third-order valence-electron chi connectivity index (χ3n) is 6.73. The van der Waals surface area contributed by atoms with Gasteiger partial charge >= 0.3 is 0 Å². The summed E-state index contributed by atoms with van der Waals surface area (Å²) in [5.41, 5.74) is 4.00. The SMILES string of the molecule is CN(c1ccc2nc(-c3ccc(Cl)cc3)c(CN3CCN(C(=O)C4COC4)CC3)n2c1)S(C)(=O)=O. The molecule has 35 heavy (non-hydrogen) atoms. The van der Waals surface area contributed by atoms with E-state index in [9.17, 15) is 13.2 Å². The molecule has 2 aromatic heterocycles. The van der Waals surface area contributed by atoms with Crippen molar-refractivity contribution in [1.82, 2.24) is 19.2 Å². The van der Waals surface area contributed by atoms with Gasteiger partial charge in [-0.2, -0.15) is 0 Å². The van der Waals surface area contributed by atoms with E-state index in [4.69, 9.17) is 21.3 Å². The minimum atomic E-state index is -3.41. The van der Waals surface area contributed by atoms with Crippen molar-refractivity contribution in [3.05, 3.63) is 53.3 Å². The van der Waals surface area contributed by atoms with E-state index in [1.54, 1.807) is 6.07 Å². The van der Waals surface area contributed by atoms with Crippen LogP contribution in [0.1, 0.15) is 5.69 Å². The van der Waals surface area contributed by atoms with Crippen molar-refractivity contribution in [3.8, 4) is 11.3 Å². The van der Waals surface area contributed by atoms with Gasteiger partial charge in [-0.05, 0) is 24.3 Å². The number of halogens is 1. The number of fused-ring (bicyclic) bond motifs is 1. The minimum absolute atomic E-state index is 0.00193. The number of anilines is 1. The highest BCUT2D eigenvalue weighted by Gasteiger charge is 2.32. The summed E-state index contributed by atoms with van der Waals surface area (Å²) in [5, 5.41) is 0.647. The molecule has 0 unspecified atom stereocenters. The van der Waals surface area contributed by atoms with Gasteiger partial charge in [-0.15, -0.1) is 0 Å².